The van der Waals surface area contributed by atoms with E-state index in [0.29, 0.717) is 11.6 Å². The smallest absolute Gasteiger partial charge is 0.233 e. The van der Waals surface area contributed by atoms with Crippen LogP contribution in [0.25, 0.3) is 0 Å². The molecule has 2 heterocycles. The van der Waals surface area contributed by atoms with Gasteiger partial charge in [0.2, 0.25) is 5.91 Å². The maximum absolute atomic E-state index is 12.7. The van der Waals surface area contributed by atoms with Crippen LogP contribution in [0.15, 0.2) is 5.16 Å². The van der Waals surface area contributed by atoms with Gasteiger partial charge in [-0.2, -0.15) is 0 Å². The highest BCUT2D eigenvalue weighted by atomic mass is 32.2. The predicted molar refractivity (Wildman–Crippen MR) is 93.9 cm³/mol. The summed E-state index contributed by atoms with van der Waals surface area (Å²) >= 11 is 1.33. The van der Waals surface area contributed by atoms with Crippen LogP contribution in [-0.2, 0) is 14.6 Å². The molecule has 8 heteroatoms. The zero-order valence-corrected chi connectivity index (χ0v) is 15.9. The molecule has 2 aliphatic rings. The van der Waals surface area contributed by atoms with Crippen LogP contribution in [0.2, 0.25) is 0 Å². The van der Waals surface area contributed by atoms with Gasteiger partial charge in [-0.15, -0.1) is 0 Å². The van der Waals surface area contributed by atoms with Gasteiger partial charge in [0, 0.05) is 23.5 Å². The largest absolute Gasteiger partial charge is 0.335 e. The lowest BCUT2D eigenvalue weighted by Crippen LogP contribution is -2.43. The fourth-order valence-corrected chi connectivity index (χ4v) is 5.58. The van der Waals surface area contributed by atoms with E-state index in [2.05, 4.69) is 9.97 Å². The van der Waals surface area contributed by atoms with Crippen LogP contribution in [0.3, 0.4) is 0 Å². The van der Waals surface area contributed by atoms with Crippen LogP contribution < -0.4 is 0 Å². The number of carbonyl (C=O) groups excluding carboxylic acids is 1. The molecular formula is C16H23N3O3S2. The molecule has 1 aromatic heterocycles. The first-order valence-electron chi connectivity index (χ1n) is 8.23. The van der Waals surface area contributed by atoms with E-state index in [1.165, 1.54) is 11.8 Å². The minimum Gasteiger partial charge on any atom is -0.335 e. The normalized spacial score (nSPS) is 22.5. The highest BCUT2D eigenvalue weighted by Crippen LogP contribution is 2.33. The van der Waals surface area contributed by atoms with Crippen molar-refractivity contribution >= 4 is 27.5 Å². The van der Waals surface area contributed by atoms with E-state index in [1.807, 2.05) is 25.7 Å². The number of nitrogens with zero attached hydrogens (tertiary/aromatic N) is 3. The van der Waals surface area contributed by atoms with Crippen LogP contribution in [0.4, 0.5) is 0 Å². The molecule has 0 aromatic carbocycles. The first-order chi connectivity index (χ1) is 11.3. The van der Waals surface area contributed by atoms with Crippen molar-refractivity contribution in [2.75, 3.05) is 17.3 Å². The van der Waals surface area contributed by atoms with Crippen LogP contribution in [0, 0.1) is 20.8 Å². The van der Waals surface area contributed by atoms with Gasteiger partial charge in [-0.25, -0.2) is 18.4 Å². The minimum absolute atomic E-state index is 0.00378. The third-order valence-corrected chi connectivity index (χ3v) is 7.35. The minimum atomic E-state index is -2.99. The van der Waals surface area contributed by atoms with Crippen molar-refractivity contribution in [1.29, 1.82) is 0 Å². The third-order valence-electron chi connectivity index (χ3n) is 4.77. The summed E-state index contributed by atoms with van der Waals surface area (Å²) in [5.74, 6) is 0.568. The molecule has 1 saturated heterocycles. The summed E-state index contributed by atoms with van der Waals surface area (Å²) in [7, 11) is -2.99. The molecule has 132 valence electrons. The van der Waals surface area contributed by atoms with Crippen molar-refractivity contribution in [3.63, 3.8) is 0 Å². The van der Waals surface area contributed by atoms with Crippen molar-refractivity contribution in [3.05, 3.63) is 17.0 Å². The van der Waals surface area contributed by atoms with Crippen molar-refractivity contribution in [3.8, 4) is 0 Å². The Morgan fingerprint density at radius 2 is 1.75 bits per heavy atom. The summed E-state index contributed by atoms with van der Waals surface area (Å²) in [6.45, 7) is 5.87. The van der Waals surface area contributed by atoms with E-state index in [0.717, 1.165) is 29.8 Å². The molecule has 1 amide bonds. The first-order valence-corrected chi connectivity index (χ1v) is 11.0. The molecule has 1 aromatic rings. The summed E-state index contributed by atoms with van der Waals surface area (Å²) in [6, 6.07) is 0.0665. The number of sulfone groups is 1. The Bertz CT molecular complexity index is 737. The quantitative estimate of drug-likeness (QED) is 0.580. The Hall–Kier alpha value is -1.15. The average molecular weight is 370 g/mol. The second kappa shape index (κ2) is 6.63. The number of hydrogen-bond acceptors (Lipinski definition) is 6. The lowest BCUT2D eigenvalue weighted by atomic mass is 10.2. The monoisotopic (exact) mass is 369 g/mol. The Kier molecular flexibility index (Phi) is 4.88. The summed E-state index contributed by atoms with van der Waals surface area (Å²) in [5, 5.41) is 0.610. The molecule has 24 heavy (non-hydrogen) atoms. The Labute approximate surface area is 147 Å². The second-order valence-corrected chi connectivity index (χ2v) is 9.85. The fourth-order valence-electron chi connectivity index (χ4n) is 3.06. The van der Waals surface area contributed by atoms with E-state index in [4.69, 9.17) is 0 Å². The third kappa shape index (κ3) is 3.91. The Balaban J connectivity index is 1.67. The molecule has 1 aliphatic heterocycles. The van der Waals surface area contributed by atoms with Crippen LogP contribution in [-0.4, -0.2) is 58.5 Å². The molecule has 0 radical (unpaired) electrons. The molecule has 1 atom stereocenters. The molecule has 0 bridgehead atoms. The van der Waals surface area contributed by atoms with Crippen LogP contribution >= 0.6 is 11.8 Å². The van der Waals surface area contributed by atoms with Crippen molar-refractivity contribution < 1.29 is 13.2 Å². The predicted octanol–water partition coefficient (Wildman–Crippen LogP) is 1.67. The molecular weight excluding hydrogens is 346 g/mol. The van der Waals surface area contributed by atoms with Crippen molar-refractivity contribution in [1.82, 2.24) is 14.9 Å². The van der Waals surface area contributed by atoms with Gasteiger partial charge >= 0.3 is 0 Å². The number of aryl methyl sites for hydroxylation is 2. The summed E-state index contributed by atoms with van der Waals surface area (Å²) in [6.07, 6.45) is 2.52. The van der Waals surface area contributed by atoms with E-state index < -0.39 is 9.84 Å². The van der Waals surface area contributed by atoms with Crippen molar-refractivity contribution in [2.24, 2.45) is 0 Å². The molecule has 0 N–H and O–H groups in total. The number of amides is 1. The Morgan fingerprint density at radius 1 is 1.12 bits per heavy atom. The molecule has 6 nitrogen and oxygen atoms in total. The Morgan fingerprint density at radius 3 is 2.25 bits per heavy atom. The molecule has 1 saturated carbocycles. The van der Waals surface area contributed by atoms with Gasteiger partial charge in [0.05, 0.1) is 17.3 Å². The summed E-state index contributed by atoms with van der Waals surface area (Å²) in [5.41, 5.74) is 2.93. The SMILES string of the molecule is Cc1nc(SCC(=O)N(C2CC2)[C@H]2CCS(=O)(=O)C2)nc(C)c1C. The van der Waals surface area contributed by atoms with Crippen LogP contribution in [0.1, 0.15) is 36.2 Å². The topological polar surface area (TPSA) is 80.2 Å². The van der Waals surface area contributed by atoms with Gasteiger partial charge in [-0.05, 0) is 45.6 Å². The standard InChI is InChI=1S/C16H23N3O3S2/c1-10-11(2)17-16(18-12(10)3)23-8-15(20)19(13-4-5-13)14-6-7-24(21,22)9-14/h13-14H,4-9H2,1-3H3/t14-/m0/s1. The van der Waals surface area contributed by atoms with Gasteiger partial charge in [-0.1, -0.05) is 11.8 Å². The zero-order chi connectivity index (χ0) is 17.5. The lowest BCUT2D eigenvalue weighted by molar-refractivity contribution is -0.130. The number of rotatable bonds is 5. The number of hydrogen-bond donors (Lipinski definition) is 0. The average Bonchev–Trinajstić information content (AvgIpc) is 3.26. The van der Waals surface area contributed by atoms with E-state index >= 15 is 0 Å². The lowest BCUT2D eigenvalue weighted by Gasteiger charge is -2.28. The van der Waals surface area contributed by atoms with Crippen LogP contribution in [0.5, 0.6) is 0 Å². The highest BCUT2D eigenvalue weighted by Gasteiger charge is 2.41. The van der Waals surface area contributed by atoms with Gasteiger partial charge < -0.3 is 4.90 Å². The van der Waals surface area contributed by atoms with E-state index in [-0.39, 0.29) is 35.2 Å². The number of thioether (sulfide) groups is 1. The van der Waals surface area contributed by atoms with Gasteiger partial charge in [0.15, 0.2) is 15.0 Å². The second-order valence-electron chi connectivity index (χ2n) is 6.68. The molecule has 1 aliphatic carbocycles. The maximum Gasteiger partial charge on any atom is 0.233 e. The van der Waals surface area contributed by atoms with E-state index in [1.54, 1.807) is 0 Å². The zero-order valence-electron chi connectivity index (χ0n) is 14.3. The summed E-state index contributed by atoms with van der Waals surface area (Å²) < 4.78 is 23.5. The van der Waals surface area contributed by atoms with E-state index in [9.17, 15) is 13.2 Å². The highest BCUT2D eigenvalue weighted by molar-refractivity contribution is 7.99. The van der Waals surface area contributed by atoms with Gasteiger partial charge in [0.25, 0.3) is 0 Å². The van der Waals surface area contributed by atoms with Gasteiger partial charge in [-0.3, -0.25) is 4.79 Å². The molecule has 2 fully saturated rings. The fraction of sp³-hybridized carbons (Fsp3) is 0.688. The first kappa shape index (κ1) is 17.7. The van der Waals surface area contributed by atoms with Gasteiger partial charge in [0.1, 0.15) is 0 Å². The molecule has 0 spiro atoms. The molecule has 3 rings (SSSR count). The maximum atomic E-state index is 12.7. The number of aromatic nitrogens is 2. The molecule has 0 unspecified atom stereocenters. The number of carbonyl (C=O) groups is 1. The summed E-state index contributed by atoms with van der Waals surface area (Å²) in [4.78, 5) is 23.4. The van der Waals surface area contributed by atoms with Crippen molar-refractivity contribution in [2.45, 2.75) is 57.3 Å².